The van der Waals surface area contributed by atoms with Gasteiger partial charge in [0.25, 0.3) is 0 Å². The number of aromatic nitrogens is 1. The number of benzene rings is 1. The molecule has 1 atom stereocenters. The molecule has 2 rings (SSSR count). The number of methoxy groups -OCH3 is 1. The van der Waals surface area contributed by atoms with E-state index in [-0.39, 0.29) is 22.7 Å². The first-order chi connectivity index (χ1) is 11.0. The quantitative estimate of drug-likeness (QED) is 0.840. The van der Waals surface area contributed by atoms with E-state index in [1.165, 1.54) is 19.2 Å². The Hall–Kier alpha value is -2.60. The second-order valence-electron chi connectivity index (χ2n) is 4.79. The molecule has 0 spiro atoms. The van der Waals surface area contributed by atoms with Crippen LogP contribution in [0.1, 0.15) is 28.9 Å². The molecule has 0 bridgehead atoms. The summed E-state index contributed by atoms with van der Waals surface area (Å²) >= 11 is 6.01. The second-order valence-corrected chi connectivity index (χ2v) is 5.19. The Morgan fingerprint density at radius 3 is 2.52 bits per heavy atom. The van der Waals surface area contributed by atoms with Crippen LogP contribution in [-0.4, -0.2) is 24.1 Å². The molecule has 2 amide bonds. The lowest BCUT2D eigenvalue weighted by molar-refractivity contribution is 0.0601. The van der Waals surface area contributed by atoms with Crippen molar-refractivity contribution < 1.29 is 14.3 Å². The summed E-state index contributed by atoms with van der Waals surface area (Å²) < 4.78 is 4.61. The van der Waals surface area contributed by atoms with E-state index in [1.807, 2.05) is 19.1 Å². The molecule has 2 N–H and O–H groups in total. The Morgan fingerprint density at radius 2 is 1.91 bits per heavy atom. The molecule has 0 saturated carbocycles. The molecule has 0 aliphatic rings. The van der Waals surface area contributed by atoms with Crippen LogP contribution in [0.25, 0.3) is 0 Å². The van der Waals surface area contributed by atoms with Gasteiger partial charge in [0.1, 0.15) is 0 Å². The van der Waals surface area contributed by atoms with Crippen molar-refractivity contribution in [1.82, 2.24) is 10.3 Å². The minimum atomic E-state index is -0.530. The summed E-state index contributed by atoms with van der Waals surface area (Å²) in [6, 6.07) is 7.66. The zero-order chi connectivity index (χ0) is 16.8. The lowest BCUT2D eigenvalue weighted by atomic mass is 10.1. The van der Waals surface area contributed by atoms with Crippen LogP contribution in [-0.2, 0) is 4.74 Å². The monoisotopic (exact) mass is 333 g/mol. The van der Waals surface area contributed by atoms with Crippen molar-refractivity contribution in [2.75, 3.05) is 12.4 Å². The number of rotatable bonds is 4. The maximum absolute atomic E-state index is 12.0. The van der Waals surface area contributed by atoms with Gasteiger partial charge in [-0.2, -0.15) is 0 Å². The Balaban J connectivity index is 2.00. The van der Waals surface area contributed by atoms with Gasteiger partial charge >= 0.3 is 12.0 Å². The van der Waals surface area contributed by atoms with Gasteiger partial charge in [-0.25, -0.2) is 9.59 Å². The number of hydrogen-bond donors (Lipinski definition) is 2. The van der Waals surface area contributed by atoms with E-state index >= 15 is 0 Å². The fourth-order valence-corrected chi connectivity index (χ4v) is 2.23. The Morgan fingerprint density at radius 1 is 1.22 bits per heavy atom. The zero-order valence-corrected chi connectivity index (χ0v) is 13.4. The van der Waals surface area contributed by atoms with Crippen LogP contribution < -0.4 is 10.6 Å². The van der Waals surface area contributed by atoms with Crippen molar-refractivity contribution in [3.63, 3.8) is 0 Å². The van der Waals surface area contributed by atoms with E-state index in [4.69, 9.17) is 11.6 Å². The van der Waals surface area contributed by atoms with Crippen LogP contribution >= 0.6 is 11.6 Å². The maximum Gasteiger partial charge on any atom is 0.339 e. The first-order valence-corrected chi connectivity index (χ1v) is 7.24. The SMILES string of the molecule is COC(=O)c1ccc(NC(=O)N[C@@H](C)c2ccncc2)cc1Cl. The third kappa shape index (κ3) is 4.43. The van der Waals surface area contributed by atoms with Crippen LogP contribution in [0.5, 0.6) is 0 Å². The third-order valence-corrected chi connectivity index (χ3v) is 3.50. The molecule has 0 aliphatic heterocycles. The van der Waals surface area contributed by atoms with Gasteiger partial charge in [0, 0.05) is 18.1 Å². The number of hydrogen-bond acceptors (Lipinski definition) is 4. The van der Waals surface area contributed by atoms with Gasteiger partial charge < -0.3 is 15.4 Å². The minimum absolute atomic E-state index is 0.178. The molecule has 0 radical (unpaired) electrons. The van der Waals surface area contributed by atoms with Gasteiger partial charge in [-0.1, -0.05) is 11.6 Å². The van der Waals surface area contributed by atoms with E-state index in [2.05, 4.69) is 20.4 Å². The number of pyridine rings is 1. The molecule has 2 aromatic rings. The highest BCUT2D eigenvalue weighted by atomic mass is 35.5. The predicted octanol–water partition coefficient (Wildman–Crippen LogP) is 3.40. The molecule has 0 fully saturated rings. The number of esters is 1. The largest absolute Gasteiger partial charge is 0.465 e. The lowest BCUT2D eigenvalue weighted by Gasteiger charge is -2.15. The minimum Gasteiger partial charge on any atom is -0.465 e. The fourth-order valence-electron chi connectivity index (χ4n) is 1.97. The average molecular weight is 334 g/mol. The molecule has 0 aliphatic carbocycles. The average Bonchev–Trinajstić information content (AvgIpc) is 2.55. The number of anilines is 1. The van der Waals surface area contributed by atoms with Gasteiger partial charge in [-0.15, -0.1) is 0 Å². The van der Waals surface area contributed by atoms with Gasteiger partial charge in [0.2, 0.25) is 0 Å². The van der Waals surface area contributed by atoms with Crippen molar-refractivity contribution in [2.24, 2.45) is 0 Å². The van der Waals surface area contributed by atoms with Crippen molar-refractivity contribution in [3.8, 4) is 0 Å². The predicted molar refractivity (Wildman–Crippen MR) is 87.6 cm³/mol. The summed E-state index contributed by atoms with van der Waals surface area (Å²) in [5.41, 5.74) is 1.65. The molecule has 6 nitrogen and oxygen atoms in total. The van der Waals surface area contributed by atoms with E-state index < -0.39 is 5.97 Å². The van der Waals surface area contributed by atoms with E-state index in [9.17, 15) is 9.59 Å². The maximum atomic E-state index is 12.0. The smallest absolute Gasteiger partial charge is 0.339 e. The van der Waals surface area contributed by atoms with E-state index in [1.54, 1.807) is 18.5 Å². The number of halogens is 1. The summed E-state index contributed by atoms with van der Waals surface area (Å²) in [5.74, 6) is -0.530. The van der Waals surface area contributed by atoms with Crippen molar-refractivity contribution >= 4 is 29.3 Å². The summed E-state index contributed by atoms with van der Waals surface area (Å²) in [6.07, 6.45) is 3.33. The highest BCUT2D eigenvalue weighted by molar-refractivity contribution is 6.33. The number of urea groups is 1. The molecule has 0 unspecified atom stereocenters. The van der Waals surface area contributed by atoms with Crippen LogP contribution in [0.15, 0.2) is 42.7 Å². The van der Waals surface area contributed by atoms with Gasteiger partial charge in [-0.05, 0) is 42.8 Å². The second kappa shape index (κ2) is 7.60. The number of carbonyl (C=O) groups is 2. The molecule has 23 heavy (non-hydrogen) atoms. The Bertz CT molecular complexity index is 707. The standard InChI is InChI=1S/C16H16ClN3O3/c1-10(11-5-7-18-8-6-11)19-16(22)20-12-3-4-13(14(17)9-12)15(21)23-2/h3-10H,1-2H3,(H2,19,20,22)/t10-/m0/s1. The molecule has 1 heterocycles. The van der Waals surface area contributed by atoms with Gasteiger partial charge in [-0.3, -0.25) is 4.98 Å². The lowest BCUT2D eigenvalue weighted by Crippen LogP contribution is -2.31. The highest BCUT2D eigenvalue weighted by Gasteiger charge is 2.13. The molecule has 1 aromatic heterocycles. The molecule has 120 valence electrons. The number of carbonyl (C=O) groups excluding carboxylic acids is 2. The summed E-state index contributed by atoms with van der Waals surface area (Å²) in [6.45, 7) is 1.86. The van der Waals surface area contributed by atoms with E-state index in [0.717, 1.165) is 5.56 Å². The number of nitrogens with zero attached hydrogens (tertiary/aromatic N) is 1. The number of ether oxygens (including phenoxy) is 1. The summed E-state index contributed by atoms with van der Waals surface area (Å²) in [5, 5.41) is 5.67. The fraction of sp³-hybridized carbons (Fsp3) is 0.188. The van der Waals surface area contributed by atoms with Crippen LogP contribution in [0, 0.1) is 0 Å². The number of nitrogens with one attached hydrogen (secondary N) is 2. The Labute approximate surface area is 138 Å². The molecule has 7 heteroatoms. The van der Waals surface area contributed by atoms with Crippen molar-refractivity contribution in [2.45, 2.75) is 13.0 Å². The molecule has 0 saturated heterocycles. The normalized spacial score (nSPS) is 11.4. The molecular formula is C16H16ClN3O3. The van der Waals surface area contributed by atoms with Crippen molar-refractivity contribution in [3.05, 3.63) is 58.9 Å². The van der Waals surface area contributed by atoms with Crippen LogP contribution in [0.3, 0.4) is 0 Å². The topological polar surface area (TPSA) is 80.3 Å². The van der Waals surface area contributed by atoms with Crippen molar-refractivity contribution in [1.29, 1.82) is 0 Å². The van der Waals surface area contributed by atoms with Gasteiger partial charge in [0.15, 0.2) is 0 Å². The Kier molecular flexibility index (Phi) is 5.54. The molecular weight excluding hydrogens is 318 g/mol. The van der Waals surface area contributed by atoms with Crippen LogP contribution in [0.4, 0.5) is 10.5 Å². The first kappa shape index (κ1) is 16.8. The third-order valence-electron chi connectivity index (χ3n) is 3.19. The zero-order valence-electron chi connectivity index (χ0n) is 12.7. The summed E-state index contributed by atoms with van der Waals surface area (Å²) in [4.78, 5) is 27.4. The summed E-state index contributed by atoms with van der Waals surface area (Å²) in [7, 11) is 1.28. The number of amides is 2. The highest BCUT2D eigenvalue weighted by Crippen LogP contribution is 2.22. The van der Waals surface area contributed by atoms with Gasteiger partial charge in [0.05, 0.1) is 23.7 Å². The van der Waals surface area contributed by atoms with E-state index in [0.29, 0.717) is 5.69 Å². The van der Waals surface area contributed by atoms with Crippen LogP contribution in [0.2, 0.25) is 5.02 Å². The first-order valence-electron chi connectivity index (χ1n) is 6.86. The molecule has 1 aromatic carbocycles.